The van der Waals surface area contributed by atoms with Crippen molar-refractivity contribution in [3.63, 3.8) is 0 Å². The van der Waals surface area contributed by atoms with Gasteiger partial charge in [0.2, 0.25) is 0 Å². The monoisotopic (exact) mass is 204 g/mol. The third-order valence-corrected chi connectivity index (χ3v) is 3.02. The lowest BCUT2D eigenvalue weighted by molar-refractivity contribution is 0.867. The average Bonchev–Trinajstić information content (AvgIpc) is 2.13. The lowest BCUT2D eigenvalue weighted by Gasteiger charge is -1.99. The first-order valence-corrected chi connectivity index (χ1v) is 4.67. The van der Waals surface area contributed by atoms with Gasteiger partial charge in [-0.3, -0.25) is 0 Å². The molecular formula is C7H9BrS. The zero-order chi connectivity index (χ0) is 6.85. The molecule has 0 atom stereocenters. The molecular weight excluding hydrogens is 196 g/mol. The fourth-order valence-corrected chi connectivity index (χ4v) is 2.62. The summed E-state index contributed by atoms with van der Waals surface area (Å²) in [6.45, 7) is 4.40. The summed E-state index contributed by atoms with van der Waals surface area (Å²) in [5.41, 5.74) is 1.42. The van der Waals surface area contributed by atoms with E-state index in [9.17, 15) is 0 Å². The molecule has 0 bridgehead atoms. The minimum absolute atomic E-state index is 0.644. The Morgan fingerprint density at radius 1 is 1.44 bits per heavy atom. The summed E-state index contributed by atoms with van der Waals surface area (Å²) in [4.78, 5) is 0. The molecule has 0 radical (unpaired) electrons. The van der Waals surface area contributed by atoms with Gasteiger partial charge < -0.3 is 0 Å². The predicted octanol–water partition coefficient (Wildman–Crippen LogP) is 3.63. The number of rotatable bonds is 1. The van der Waals surface area contributed by atoms with Crippen LogP contribution in [0.25, 0.3) is 0 Å². The largest absolute Gasteiger partial charge is 0.151 e. The molecule has 0 aliphatic heterocycles. The molecule has 0 spiro atoms. The van der Waals surface area contributed by atoms with Crippen LogP contribution in [0.15, 0.2) is 15.2 Å². The molecule has 0 amide bonds. The number of halogens is 1. The molecule has 0 saturated carbocycles. The van der Waals surface area contributed by atoms with Gasteiger partial charge in [0.05, 0.1) is 0 Å². The van der Waals surface area contributed by atoms with E-state index in [2.05, 4.69) is 40.5 Å². The van der Waals surface area contributed by atoms with E-state index in [4.69, 9.17) is 0 Å². The number of thiophene rings is 1. The van der Waals surface area contributed by atoms with Crippen LogP contribution in [0, 0.1) is 0 Å². The van der Waals surface area contributed by atoms with Crippen LogP contribution in [0.1, 0.15) is 25.3 Å². The van der Waals surface area contributed by atoms with Gasteiger partial charge in [-0.15, -0.1) is 0 Å². The Morgan fingerprint density at radius 2 is 2.11 bits per heavy atom. The minimum atomic E-state index is 0.644. The highest BCUT2D eigenvalue weighted by molar-refractivity contribution is 9.10. The Bertz CT molecular complexity index is 191. The normalized spacial score (nSPS) is 10.7. The van der Waals surface area contributed by atoms with Gasteiger partial charge >= 0.3 is 0 Å². The predicted molar refractivity (Wildman–Crippen MR) is 46.1 cm³/mol. The van der Waals surface area contributed by atoms with E-state index >= 15 is 0 Å². The summed E-state index contributed by atoms with van der Waals surface area (Å²) in [6, 6.07) is 0. The van der Waals surface area contributed by atoms with Gasteiger partial charge in [0.1, 0.15) is 0 Å². The molecule has 0 nitrogen and oxygen atoms in total. The summed E-state index contributed by atoms with van der Waals surface area (Å²) in [5.74, 6) is 0.644. The number of hydrogen-bond donors (Lipinski definition) is 0. The van der Waals surface area contributed by atoms with E-state index in [0.717, 1.165) is 0 Å². The van der Waals surface area contributed by atoms with Gasteiger partial charge in [0.15, 0.2) is 0 Å². The van der Waals surface area contributed by atoms with Gasteiger partial charge in [-0.25, -0.2) is 0 Å². The van der Waals surface area contributed by atoms with Crippen LogP contribution in [0.2, 0.25) is 0 Å². The third-order valence-electron chi connectivity index (χ3n) is 1.26. The summed E-state index contributed by atoms with van der Waals surface area (Å²) in [5, 5.41) is 4.31. The van der Waals surface area contributed by atoms with Crippen molar-refractivity contribution in [2.75, 3.05) is 0 Å². The summed E-state index contributed by atoms with van der Waals surface area (Å²) < 4.78 is 1.25. The summed E-state index contributed by atoms with van der Waals surface area (Å²) in [7, 11) is 0. The van der Waals surface area contributed by atoms with Crippen LogP contribution in [0.3, 0.4) is 0 Å². The summed E-state index contributed by atoms with van der Waals surface area (Å²) in [6.07, 6.45) is 0. The Morgan fingerprint density at radius 3 is 2.33 bits per heavy atom. The van der Waals surface area contributed by atoms with E-state index in [0.29, 0.717) is 5.92 Å². The molecule has 0 aromatic carbocycles. The standard InChI is InChI=1S/C7H9BrS/c1-5(2)6-3-9-4-7(6)8/h3-5H,1-2H3. The molecule has 0 N–H and O–H groups in total. The van der Waals surface area contributed by atoms with E-state index in [1.807, 2.05) is 0 Å². The zero-order valence-electron chi connectivity index (χ0n) is 5.52. The first kappa shape index (κ1) is 7.29. The van der Waals surface area contributed by atoms with Gasteiger partial charge in [-0.2, -0.15) is 11.3 Å². The van der Waals surface area contributed by atoms with Gasteiger partial charge in [0, 0.05) is 9.85 Å². The van der Waals surface area contributed by atoms with Crippen LogP contribution < -0.4 is 0 Å². The van der Waals surface area contributed by atoms with Crippen molar-refractivity contribution in [3.05, 3.63) is 20.8 Å². The molecule has 0 saturated heterocycles. The van der Waals surface area contributed by atoms with Crippen molar-refractivity contribution < 1.29 is 0 Å². The lowest BCUT2D eigenvalue weighted by Crippen LogP contribution is -1.82. The average molecular weight is 205 g/mol. The van der Waals surface area contributed by atoms with Crippen LogP contribution >= 0.6 is 27.3 Å². The third kappa shape index (κ3) is 1.55. The Balaban J connectivity index is 2.94. The van der Waals surface area contributed by atoms with Crippen LogP contribution in [0.5, 0.6) is 0 Å². The maximum atomic E-state index is 3.48. The summed E-state index contributed by atoms with van der Waals surface area (Å²) >= 11 is 5.22. The van der Waals surface area contributed by atoms with Crippen molar-refractivity contribution in [1.29, 1.82) is 0 Å². The van der Waals surface area contributed by atoms with Gasteiger partial charge in [0.25, 0.3) is 0 Å². The topological polar surface area (TPSA) is 0 Å². The molecule has 9 heavy (non-hydrogen) atoms. The van der Waals surface area contributed by atoms with E-state index in [1.165, 1.54) is 10.0 Å². The second-order valence-electron chi connectivity index (χ2n) is 2.33. The lowest BCUT2D eigenvalue weighted by atomic mass is 10.1. The fourth-order valence-electron chi connectivity index (χ4n) is 0.703. The van der Waals surface area contributed by atoms with Crippen molar-refractivity contribution in [3.8, 4) is 0 Å². The zero-order valence-corrected chi connectivity index (χ0v) is 7.92. The minimum Gasteiger partial charge on any atom is -0.151 e. The Hall–Kier alpha value is 0.180. The molecule has 0 aliphatic rings. The van der Waals surface area contributed by atoms with Crippen molar-refractivity contribution in [2.24, 2.45) is 0 Å². The molecule has 50 valence electrons. The molecule has 2 heteroatoms. The molecule has 0 fully saturated rings. The SMILES string of the molecule is CC(C)c1cscc1Br. The highest BCUT2D eigenvalue weighted by Crippen LogP contribution is 2.27. The highest BCUT2D eigenvalue weighted by Gasteiger charge is 2.03. The van der Waals surface area contributed by atoms with Crippen LogP contribution in [0.4, 0.5) is 0 Å². The molecule has 1 aromatic rings. The maximum Gasteiger partial charge on any atom is 0.0316 e. The molecule has 1 rings (SSSR count). The van der Waals surface area contributed by atoms with Crippen molar-refractivity contribution >= 4 is 27.3 Å². The van der Waals surface area contributed by atoms with Gasteiger partial charge in [-0.1, -0.05) is 13.8 Å². The van der Waals surface area contributed by atoms with Gasteiger partial charge in [-0.05, 0) is 32.8 Å². The first-order chi connectivity index (χ1) is 4.22. The number of hydrogen-bond acceptors (Lipinski definition) is 1. The smallest absolute Gasteiger partial charge is 0.0316 e. The highest BCUT2D eigenvalue weighted by atomic mass is 79.9. The van der Waals surface area contributed by atoms with E-state index in [1.54, 1.807) is 11.3 Å². The van der Waals surface area contributed by atoms with E-state index in [-0.39, 0.29) is 0 Å². The maximum absolute atomic E-state index is 3.48. The van der Waals surface area contributed by atoms with E-state index < -0.39 is 0 Å². The fraction of sp³-hybridized carbons (Fsp3) is 0.429. The first-order valence-electron chi connectivity index (χ1n) is 2.93. The quantitative estimate of drug-likeness (QED) is 0.656. The second kappa shape index (κ2) is 2.84. The molecule has 0 aliphatic carbocycles. The molecule has 0 unspecified atom stereocenters. The molecule has 1 aromatic heterocycles. The van der Waals surface area contributed by atoms with Crippen molar-refractivity contribution in [2.45, 2.75) is 19.8 Å². The Labute approximate surface area is 68.0 Å². The van der Waals surface area contributed by atoms with Crippen molar-refractivity contribution in [1.82, 2.24) is 0 Å². The Kier molecular flexibility index (Phi) is 2.30. The molecule has 1 heterocycles. The van der Waals surface area contributed by atoms with Crippen LogP contribution in [-0.2, 0) is 0 Å². The van der Waals surface area contributed by atoms with Crippen LogP contribution in [-0.4, -0.2) is 0 Å². The second-order valence-corrected chi connectivity index (χ2v) is 3.93.